The van der Waals surface area contributed by atoms with Crippen LogP contribution in [0.15, 0.2) is 83.0 Å². The van der Waals surface area contributed by atoms with Crippen LogP contribution in [-0.4, -0.2) is 24.0 Å². The van der Waals surface area contributed by atoms with E-state index in [4.69, 9.17) is 14.2 Å². The molecule has 8 nitrogen and oxygen atoms in total. The maximum Gasteiger partial charge on any atom is 0.343 e. The lowest BCUT2D eigenvalue weighted by Crippen LogP contribution is -2.15. The first kappa shape index (κ1) is 33.2. The monoisotopic (exact) mass is 586 g/mol. The van der Waals surface area contributed by atoms with Crippen molar-refractivity contribution in [1.29, 1.82) is 0 Å². The van der Waals surface area contributed by atoms with Crippen LogP contribution in [0.4, 0.5) is 11.4 Å². The van der Waals surface area contributed by atoms with Crippen molar-refractivity contribution in [1.82, 2.24) is 0 Å². The molecule has 0 saturated carbocycles. The Hall–Kier alpha value is -4.33. The van der Waals surface area contributed by atoms with Gasteiger partial charge in [0.2, 0.25) is 0 Å². The van der Waals surface area contributed by atoms with Gasteiger partial charge in [0, 0.05) is 6.42 Å². The lowest BCUT2D eigenvalue weighted by molar-refractivity contribution is -0.134. The van der Waals surface area contributed by atoms with E-state index in [1.54, 1.807) is 72.8 Å². The fraction of sp³-hybridized carbons (Fsp3) is 0.400. The van der Waals surface area contributed by atoms with E-state index in [1.165, 1.54) is 12.8 Å². The molecule has 0 aromatic heterocycles. The molecule has 0 aliphatic heterocycles. The van der Waals surface area contributed by atoms with Gasteiger partial charge in [0.15, 0.2) is 0 Å². The van der Waals surface area contributed by atoms with E-state index in [2.05, 4.69) is 24.1 Å². The Morgan fingerprint density at radius 1 is 0.605 bits per heavy atom. The van der Waals surface area contributed by atoms with Crippen LogP contribution in [0.1, 0.15) is 106 Å². The largest absolute Gasteiger partial charge is 0.459 e. The highest BCUT2D eigenvalue weighted by atomic mass is 16.5. The number of esters is 3. The summed E-state index contributed by atoms with van der Waals surface area (Å²) >= 11 is 0. The zero-order chi connectivity index (χ0) is 30.9. The summed E-state index contributed by atoms with van der Waals surface area (Å²) in [5, 5.41) is 8.40. The van der Waals surface area contributed by atoms with Crippen LogP contribution in [0.3, 0.4) is 0 Å². The number of carbonyl (C=O) groups excluding carboxylic acids is 3. The Bertz CT molecular complexity index is 1320. The van der Waals surface area contributed by atoms with Crippen LogP contribution in [0.25, 0.3) is 0 Å². The van der Waals surface area contributed by atoms with Gasteiger partial charge in [-0.05, 0) is 99.0 Å². The molecule has 0 amide bonds. The second-order valence-corrected chi connectivity index (χ2v) is 10.5. The molecule has 1 atom stereocenters. The Morgan fingerprint density at radius 2 is 1.09 bits per heavy atom. The molecule has 228 valence electrons. The molecule has 0 heterocycles. The topological polar surface area (TPSA) is 104 Å². The number of ether oxygens (including phenoxy) is 3. The molecule has 3 rings (SSSR count). The van der Waals surface area contributed by atoms with E-state index >= 15 is 0 Å². The van der Waals surface area contributed by atoms with Gasteiger partial charge in [-0.3, -0.25) is 4.79 Å². The summed E-state index contributed by atoms with van der Waals surface area (Å²) in [6.45, 7) is 6.20. The van der Waals surface area contributed by atoms with Crippen molar-refractivity contribution < 1.29 is 28.6 Å². The van der Waals surface area contributed by atoms with E-state index in [-0.39, 0.29) is 12.1 Å². The van der Waals surface area contributed by atoms with Crippen molar-refractivity contribution in [2.75, 3.05) is 0 Å². The molecule has 0 bridgehead atoms. The van der Waals surface area contributed by atoms with Gasteiger partial charge in [-0.2, -0.15) is 10.2 Å². The van der Waals surface area contributed by atoms with Gasteiger partial charge < -0.3 is 14.2 Å². The van der Waals surface area contributed by atoms with E-state index in [1.807, 2.05) is 6.92 Å². The molecule has 3 aromatic rings. The number of benzene rings is 3. The predicted molar refractivity (Wildman–Crippen MR) is 166 cm³/mol. The lowest BCUT2D eigenvalue weighted by Gasteiger charge is -2.13. The lowest BCUT2D eigenvalue weighted by atomic mass is 10.1. The minimum Gasteiger partial charge on any atom is -0.459 e. The number of rotatable bonds is 17. The van der Waals surface area contributed by atoms with Crippen molar-refractivity contribution in [3.05, 3.63) is 83.9 Å². The van der Waals surface area contributed by atoms with Crippen LogP contribution in [0.2, 0.25) is 0 Å². The number of hydrogen-bond donors (Lipinski definition) is 0. The molecule has 43 heavy (non-hydrogen) atoms. The third-order valence-corrected chi connectivity index (χ3v) is 6.76. The highest BCUT2D eigenvalue weighted by Gasteiger charge is 2.14. The quantitative estimate of drug-likeness (QED) is 0.0675. The zero-order valence-corrected chi connectivity index (χ0v) is 25.4. The second kappa shape index (κ2) is 18.3. The van der Waals surface area contributed by atoms with Crippen molar-refractivity contribution >= 4 is 29.3 Å². The van der Waals surface area contributed by atoms with Crippen LogP contribution in [-0.2, 0) is 9.53 Å². The number of hydrogen-bond acceptors (Lipinski definition) is 8. The molecule has 0 aliphatic carbocycles. The molecule has 0 N–H and O–H groups in total. The van der Waals surface area contributed by atoms with E-state index in [0.29, 0.717) is 40.4 Å². The molecule has 3 aromatic carbocycles. The van der Waals surface area contributed by atoms with E-state index in [0.717, 1.165) is 44.9 Å². The standard InChI is InChI=1S/C35H42N2O6/c1-4-6-8-10-12-26(3)41-34(39)28-16-22-32(23-17-28)43-35(40)27-14-18-29(19-15-27)36-37-30-20-24-31(25-21-30)42-33(38)13-11-9-7-5-2/h14-26H,4-13H2,1-3H3/t26-/m0/s1. The van der Waals surface area contributed by atoms with E-state index < -0.39 is 11.9 Å². The van der Waals surface area contributed by atoms with Gasteiger partial charge in [0.1, 0.15) is 11.5 Å². The summed E-state index contributed by atoms with van der Waals surface area (Å²) < 4.78 is 16.3. The van der Waals surface area contributed by atoms with Crippen molar-refractivity contribution in [2.24, 2.45) is 10.2 Å². The third kappa shape index (κ3) is 12.2. The van der Waals surface area contributed by atoms with Crippen LogP contribution < -0.4 is 9.47 Å². The first-order valence-electron chi connectivity index (χ1n) is 15.2. The first-order valence-corrected chi connectivity index (χ1v) is 15.2. The minimum atomic E-state index is -0.532. The molecular formula is C35H42N2O6. The van der Waals surface area contributed by atoms with Gasteiger partial charge in [-0.15, -0.1) is 0 Å². The number of carbonyl (C=O) groups is 3. The van der Waals surface area contributed by atoms with Gasteiger partial charge in [-0.1, -0.05) is 52.4 Å². The summed E-state index contributed by atoms with van der Waals surface area (Å²) in [4.78, 5) is 37.0. The van der Waals surface area contributed by atoms with Gasteiger partial charge in [0.25, 0.3) is 0 Å². The van der Waals surface area contributed by atoms with Crippen molar-refractivity contribution in [2.45, 2.75) is 91.1 Å². The maximum absolute atomic E-state index is 12.6. The fourth-order valence-electron chi connectivity index (χ4n) is 4.23. The zero-order valence-electron chi connectivity index (χ0n) is 25.4. The molecule has 0 aliphatic rings. The van der Waals surface area contributed by atoms with Crippen molar-refractivity contribution in [3.8, 4) is 11.5 Å². The average Bonchev–Trinajstić information content (AvgIpc) is 3.01. The summed E-state index contributed by atoms with van der Waals surface area (Å²) in [7, 11) is 0. The fourth-order valence-corrected chi connectivity index (χ4v) is 4.23. The van der Waals surface area contributed by atoms with Gasteiger partial charge in [0.05, 0.1) is 28.6 Å². The van der Waals surface area contributed by atoms with Crippen LogP contribution in [0, 0.1) is 0 Å². The number of nitrogens with zero attached hydrogens (tertiary/aromatic N) is 2. The Morgan fingerprint density at radius 3 is 1.70 bits per heavy atom. The summed E-state index contributed by atoms with van der Waals surface area (Å²) in [5.41, 5.74) is 1.91. The predicted octanol–water partition coefficient (Wildman–Crippen LogP) is 9.71. The number of unbranched alkanes of at least 4 members (excludes halogenated alkanes) is 6. The maximum atomic E-state index is 12.6. The Balaban J connectivity index is 1.45. The van der Waals surface area contributed by atoms with E-state index in [9.17, 15) is 14.4 Å². The van der Waals surface area contributed by atoms with Crippen LogP contribution in [0.5, 0.6) is 11.5 Å². The SMILES string of the molecule is CCCCCCC(=O)Oc1ccc(N=Nc2ccc(C(=O)Oc3ccc(C(=O)O[C@@H](C)CCCCCC)cc3)cc2)cc1. The van der Waals surface area contributed by atoms with Gasteiger partial charge >= 0.3 is 17.9 Å². The minimum absolute atomic E-state index is 0.147. The summed E-state index contributed by atoms with van der Waals surface area (Å²) in [6.07, 6.45) is 9.73. The first-order chi connectivity index (χ1) is 20.9. The van der Waals surface area contributed by atoms with Crippen molar-refractivity contribution in [3.63, 3.8) is 0 Å². The summed E-state index contributed by atoms with van der Waals surface area (Å²) in [6, 6.07) is 19.7. The molecule has 0 radical (unpaired) electrons. The Labute approximate surface area is 254 Å². The van der Waals surface area contributed by atoms with Gasteiger partial charge in [-0.25, -0.2) is 9.59 Å². The molecular weight excluding hydrogens is 544 g/mol. The highest BCUT2D eigenvalue weighted by molar-refractivity contribution is 5.92. The normalized spacial score (nSPS) is 11.7. The third-order valence-electron chi connectivity index (χ3n) is 6.76. The number of azo groups is 1. The molecule has 0 spiro atoms. The Kier molecular flexibility index (Phi) is 14.1. The molecule has 8 heteroatoms. The summed E-state index contributed by atoms with van der Waals surface area (Å²) in [5.74, 6) is -0.365. The molecule has 0 fully saturated rings. The molecule has 0 saturated heterocycles. The average molecular weight is 587 g/mol. The molecule has 0 unspecified atom stereocenters. The second-order valence-electron chi connectivity index (χ2n) is 10.5. The smallest absolute Gasteiger partial charge is 0.343 e. The van der Waals surface area contributed by atoms with Crippen LogP contribution >= 0.6 is 0 Å². The highest BCUT2D eigenvalue weighted by Crippen LogP contribution is 2.23.